The Morgan fingerprint density at radius 1 is 0.698 bits per heavy atom. The molecule has 0 atom stereocenters. The van der Waals surface area contributed by atoms with Crippen molar-refractivity contribution in [1.29, 1.82) is 0 Å². The van der Waals surface area contributed by atoms with E-state index >= 15 is 0 Å². The fourth-order valence-corrected chi connectivity index (χ4v) is 9.98. The summed E-state index contributed by atoms with van der Waals surface area (Å²) in [7, 11) is 0. The molecular weight excluding hydrogens is 837 g/mol. The predicted molar refractivity (Wildman–Crippen MR) is 250 cm³/mol. The van der Waals surface area contributed by atoms with E-state index in [1.54, 1.807) is 39.4 Å². The summed E-state index contributed by atoms with van der Waals surface area (Å²) >= 11 is 3.33. The summed E-state index contributed by atoms with van der Waals surface area (Å²) in [6.07, 6.45) is 12.2. The van der Waals surface area contributed by atoms with Crippen LogP contribution in [0.5, 0.6) is 0 Å². The number of aromatic carboxylic acids is 1. The summed E-state index contributed by atoms with van der Waals surface area (Å²) in [6, 6.07) is 14.5. The Balaban J connectivity index is 0.000000146. The van der Waals surface area contributed by atoms with E-state index in [0.717, 1.165) is 81.5 Å². The first-order valence-electron chi connectivity index (χ1n) is 21.3. The van der Waals surface area contributed by atoms with Crippen LogP contribution in [0.25, 0.3) is 0 Å². The van der Waals surface area contributed by atoms with Crippen molar-refractivity contribution in [2.24, 2.45) is 0 Å². The average molecular weight is 889 g/mol. The first-order valence-corrected chi connectivity index (χ1v) is 23.1. The van der Waals surface area contributed by atoms with Crippen LogP contribution in [0.2, 0.25) is 0 Å². The van der Waals surface area contributed by atoms with Gasteiger partial charge in [0.1, 0.15) is 11.4 Å². The number of thiazole rings is 2. The monoisotopic (exact) mass is 888 g/mol. The molecule has 328 valence electrons. The highest BCUT2D eigenvalue weighted by Crippen LogP contribution is 2.29. The number of fused-ring (bicyclic) bond motifs is 2. The molecule has 0 bridgehead atoms. The van der Waals surface area contributed by atoms with Crippen LogP contribution in [0, 0.1) is 13.8 Å². The molecule has 10 rings (SSSR count). The number of carbonyl (C=O) groups is 4. The van der Waals surface area contributed by atoms with E-state index in [4.69, 9.17) is 10.7 Å². The fourth-order valence-electron chi connectivity index (χ4n) is 8.24. The summed E-state index contributed by atoms with van der Waals surface area (Å²) in [4.78, 5) is 60.9. The van der Waals surface area contributed by atoms with Gasteiger partial charge in [0.05, 0.1) is 37.3 Å². The number of nitrogens with one attached hydrogen (secondary N) is 3. The molecule has 0 saturated carbocycles. The molecule has 0 radical (unpaired) electrons. The van der Waals surface area contributed by atoms with E-state index in [1.165, 1.54) is 38.5 Å². The first kappa shape index (κ1) is 43.2. The van der Waals surface area contributed by atoms with Crippen LogP contribution >= 0.6 is 22.7 Å². The fraction of sp³-hybridized carbons (Fsp3) is 0.348. The Labute approximate surface area is 374 Å². The van der Waals surface area contributed by atoms with Crippen LogP contribution in [0.1, 0.15) is 93.1 Å². The van der Waals surface area contributed by atoms with Gasteiger partial charge in [-0.1, -0.05) is 0 Å². The van der Waals surface area contributed by atoms with Gasteiger partial charge in [-0.15, -0.1) is 22.7 Å². The Bertz CT molecular complexity index is 2630. The summed E-state index contributed by atoms with van der Waals surface area (Å²) in [5.41, 5.74) is 15.3. The average Bonchev–Trinajstić information content (AvgIpc) is 4.14. The van der Waals surface area contributed by atoms with E-state index in [9.17, 15) is 24.3 Å². The zero-order valence-corrected chi connectivity index (χ0v) is 37.1. The van der Waals surface area contributed by atoms with Gasteiger partial charge in [-0.05, 0) is 123 Å². The second-order valence-electron chi connectivity index (χ2n) is 16.4. The molecule has 6 N–H and O–H groups in total. The van der Waals surface area contributed by atoms with Crippen LogP contribution in [0.3, 0.4) is 0 Å². The lowest BCUT2D eigenvalue weighted by Crippen LogP contribution is -2.29. The van der Waals surface area contributed by atoms with Crippen LogP contribution in [-0.2, 0) is 35.5 Å². The van der Waals surface area contributed by atoms with Crippen LogP contribution in [-0.4, -0.2) is 74.1 Å². The number of benzene rings is 2. The Hall–Kier alpha value is -6.46. The van der Waals surface area contributed by atoms with Gasteiger partial charge in [0, 0.05) is 72.1 Å². The summed E-state index contributed by atoms with van der Waals surface area (Å²) < 4.78 is 3.71. The van der Waals surface area contributed by atoms with E-state index in [0.29, 0.717) is 48.7 Å². The van der Waals surface area contributed by atoms with Crippen LogP contribution in [0.15, 0.2) is 71.7 Å². The summed E-state index contributed by atoms with van der Waals surface area (Å²) in [5, 5.41) is 24.0. The van der Waals surface area contributed by atoms with Gasteiger partial charge in [-0.25, -0.2) is 14.8 Å². The SMILES string of the molecule is Cc1cc(C(=O)Nc2ccc3c(c2)CC(=O)N3)n(Cc2csc(N3CCCCC3)n2)c1.Cc1cc(C(=O)O)n(Cc2csc(N3CCCCC3)n2)c1.Nc1ccc2c(c1)CC(=O)N2. The number of nitrogens with zero attached hydrogens (tertiary/aromatic N) is 6. The number of anilines is 6. The van der Waals surface area contributed by atoms with Crippen LogP contribution < -0.4 is 31.5 Å². The molecule has 3 amide bonds. The van der Waals surface area contributed by atoms with E-state index in [1.807, 2.05) is 72.6 Å². The molecular formula is C46H52N10O5S2. The number of piperidine rings is 2. The maximum Gasteiger partial charge on any atom is 0.352 e. The molecule has 2 fully saturated rings. The molecule has 0 aliphatic carbocycles. The number of nitrogen functional groups attached to an aromatic ring is 1. The number of aromatic nitrogens is 4. The molecule has 0 unspecified atom stereocenters. The number of aryl methyl sites for hydroxylation is 2. The van der Waals surface area contributed by atoms with Gasteiger partial charge >= 0.3 is 5.97 Å². The quantitative estimate of drug-likeness (QED) is 0.0896. The molecule has 0 spiro atoms. The maximum absolute atomic E-state index is 13.0. The maximum atomic E-state index is 13.0. The number of carbonyl (C=O) groups excluding carboxylic acids is 3. The minimum atomic E-state index is -0.894. The molecule has 63 heavy (non-hydrogen) atoms. The molecule has 4 aliphatic rings. The van der Waals surface area contributed by atoms with Crippen molar-refractivity contribution in [3.63, 3.8) is 0 Å². The lowest BCUT2D eigenvalue weighted by molar-refractivity contribution is -0.115. The molecule has 2 aromatic carbocycles. The zero-order chi connectivity index (χ0) is 44.0. The lowest BCUT2D eigenvalue weighted by Gasteiger charge is -2.25. The van der Waals surface area contributed by atoms with E-state index in [-0.39, 0.29) is 17.7 Å². The van der Waals surface area contributed by atoms with Gasteiger partial charge in [0.25, 0.3) is 5.91 Å². The topological polar surface area (TPSA) is 193 Å². The second kappa shape index (κ2) is 19.3. The minimum absolute atomic E-state index is 0.0184. The van der Waals surface area contributed by atoms with Crippen molar-refractivity contribution in [3.05, 3.63) is 117 Å². The van der Waals surface area contributed by atoms with E-state index in [2.05, 4.69) is 36.1 Å². The zero-order valence-electron chi connectivity index (χ0n) is 35.5. The molecule has 4 aliphatic heterocycles. The Morgan fingerprint density at radius 2 is 1.19 bits per heavy atom. The Kier molecular flexibility index (Phi) is 13.2. The molecule has 8 heterocycles. The molecule has 4 aromatic heterocycles. The van der Waals surface area contributed by atoms with Crippen molar-refractivity contribution in [1.82, 2.24) is 19.1 Å². The predicted octanol–water partition coefficient (Wildman–Crippen LogP) is 7.79. The number of hydrogen-bond acceptors (Lipinski definition) is 11. The summed E-state index contributed by atoms with van der Waals surface area (Å²) in [6.45, 7) is 9.27. The normalized spacial score (nSPS) is 15.3. The third kappa shape index (κ3) is 10.8. The highest BCUT2D eigenvalue weighted by atomic mass is 32.1. The molecule has 6 aromatic rings. The van der Waals surface area contributed by atoms with Crippen LogP contribution in [0.4, 0.5) is 33.0 Å². The third-order valence-electron chi connectivity index (χ3n) is 11.3. The first-order chi connectivity index (χ1) is 30.4. The number of amides is 3. The van der Waals surface area contributed by atoms with Gasteiger partial charge in [0.2, 0.25) is 11.8 Å². The minimum Gasteiger partial charge on any atom is -0.477 e. The second-order valence-corrected chi connectivity index (χ2v) is 18.1. The number of carboxylic acid groups (broad SMARTS) is 1. The van der Waals surface area contributed by atoms with Crippen molar-refractivity contribution in [2.75, 3.05) is 57.7 Å². The number of nitrogens with two attached hydrogens (primary N) is 1. The molecule has 17 heteroatoms. The highest BCUT2D eigenvalue weighted by molar-refractivity contribution is 7.14. The number of carboxylic acids is 1. The van der Waals surface area contributed by atoms with Gasteiger partial charge in [0.15, 0.2) is 10.3 Å². The molecule has 15 nitrogen and oxygen atoms in total. The molecule has 2 saturated heterocycles. The summed E-state index contributed by atoms with van der Waals surface area (Å²) in [5.74, 6) is -1.04. The third-order valence-corrected chi connectivity index (χ3v) is 13.2. The number of hydrogen-bond donors (Lipinski definition) is 5. The standard InChI is InChI=1S/C23H25N5O2S.C15H19N3O2S.C8H8N2O/c1-15-9-20(22(30)24-17-5-6-19-16(10-17)11-21(29)26-19)28(12-15)13-18-14-31-23(25-18)27-7-3-2-4-8-27;1-11-7-13(14(19)20)18(8-11)9-12-10-21-15(16-12)17-5-3-2-4-6-17;9-6-1-2-7-5(3-6)4-8(11)10-7/h5-6,9-10,12,14H,2-4,7-8,11,13H2,1H3,(H,24,30)(H,26,29);7-8,10H,2-6,9H2,1H3,(H,19,20);1-3H,4,9H2,(H,10,11). The lowest BCUT2D eigenvalue weighted by atomic mass is 10.1. The van der Waals surface area contributed by atoms with Gasteiger partial charge < -0.3 is 45.7 Å². The number of rotatable bonds is 9. The highest BCUT2D eigenvalue weighted by Gasteiger charge is 2.21. The largest absolute Gasteiger partial charge is 0.477 e. The van der Waals surface area contributed by atoms with Gasteiger partial charge in [-0.3, -0.25) is 14.4 Å². The smallest absolute Gasteiger partial charge is 0.352 e. The Morgan fingerprint density at radius 3 is 1.73 bits per heavy atom. The van der Waals surface area contributed by atoms with Gasteiger partial charge in [-0.2, -0.15) is 0 Å². The van der Waals surface area contributed by atoms with Crippen molar-refractivity contribution < 1.29 is 24.3 Å². The van der Waals surface area contributed by atoms with Crippen molar-refractivity contribution >= 4 is 79.4 Å². The van der Waals surface area contributed by atoms with Crippen molar-refractivity contribution in [2.45, 2.75) is 78.3 Å². The van der Waals surface area contributed by atoms with Crippen molar-refractivity contribution in [3.8, 4) is 0 Å². The van der Waals surface area contributed by atoms with E-state index < -0.39 is 5.97 Å².